The minimum absolute atomic E-state index is 0.107. The zero-order valence-electron chi connectivity index (χ0n) is 23.0. The fraction of sp³-hybridized carbons (Fsp3) is 0.206. The lowest BCUT2D eigenvalue weighted by Gasteiger charge is -2.14. The highest BCUT2D eigenvalue weighted by Gasteiger charge is 2.17. The molecule has 0 fully saturated rings. The first-order chi connectivity index (χ1) is 19.4. The van der Waals surface area contributed by atoms with Crippen molar-refractivity contribution in [2.45, 2.75) is 40.0 Å². The van der Waals surface area contributed by atoms with Gasteiger partial charge in [-0.1, -0.05) is 42.5 Å². The number of hydrogen-bond acceptors (Lipinski definition) is 4. The summed E-state index contributed by atoms with van der Waals surface area (Å²) < 4.78 is 19.7. The fourth-order valence-corrected chi connectivity index (χ4v) is 4.85. The van der Waals surface area contributed by atoms with Gasteiger partial charge in [0.25, 0.3) is 0 Å². The first-order valence-corrected chi connectivity index (χ1v) is 13.4. The van der Waals surface area contributed by atoms with Gasteiger partial charge in [0, 0.05) is 17.4 Å². The van der Waals surface area contributed by atoms with Crippen molar-refractivity contribution in [3.8, 4) is 28.5 Å². The second kappa shape index (κ2) is 12.0. The van der Waals surface area contributed by atoms with Crippen LogP contribution < -0.4 is 14.2 Å². The minimum atomic E-state index is -1.00. The van der Waals surface area contributed by atoms with E-state index in [2.05, 4.69) is 47.9 Å². The van der Waals surface area contributed by atoms with E-state index in [1.54, 1.807) is 0 Å². The van der Waals surface area contributed by atoms with Crippen LogP contribution in [0.4, 0.5) is 0 Å². The summed E-state index contributed by atoms with van der Waals surface area (Å²) in [6, 6.07) is 32.2. The molecule has 0 aliphatic heterocycles. The molecule has 4 aromatic carbocycles. The Balaban J connectivity index is 1.50. The van der Waals surface area contributed by atoms with Crippen molar-refractivity contribution in [2.24, 2.45) is 0 Å². The summed E-state index contributed by atoms with van der Waals surface area (Å²) >= 11 is 0. The van der Waals surface area contributed by atoms with Crippen molar-refractivity contribution in [3.05, 3.63) is 114 Å². The molecule has 1 aromatic heterocycles. The van der Waals surface area contributed by atoms with E-state index in [4.69, 9.17) is 19.3 Å². The molecule has 0 aliphatic rings. The lowest BCUT2D eigenvalue weighted by atomic mass is 10.1. The Kier molecular flexibility index (Phi) is 8.06. The number of carboxylic acids is 1. The SMILES string of the molecule is Cc1c(-c2ccc(OC(C)C)cc2)n(Cc2ccc(OCC(=O)O)cc2)c2ccc(OCc3ccccc3)cc12. The van der Waals surface area contributed by atoms with E-state index in [1.165, 1.54) is 5.56 Å². The maximum atomic E-state index is 10.8. The van der Waals surface area contributed by atoms with Gasteiger partial charge in [-0.05, 0) is 97.6 Å². The number of fused-ring (bicyclic) bond motifs is 1. The van der Waals surface area contributed by atoms with Crippen LogP contribution in [0.3, 0.4) is 0 Å². The van der Waals surface area contributed by atoms with Crippen LogP contribution in [-0.4, -0.2) is 28.4 Å². The van der Waals surface area contributed by atoms with Crippen molar-refractivity contribution in [2.75, 3.05) is 6.61 Å². The predicted octanol–water partition coefficient (Wildman–Crippen LogP) is 7.49. The minimum Gasteiger partial charge on any atom is -0.491 e. The molecule has 40 heavy (non-hydrogen) atoms. The van der Waals surface area contributed by atoms with Gasteiger partial charge in [-0.25, -0.2) is 4.79 Å². The number of rotatable bonds is 11. The fourth-order valence-electron chi connectivity index (χ4n) is 4.85. The first-order valence-electron chi connectivity index (χ1n) is 13.4. The maximum Gasteiger partial charge on any atom is 0.341 e. The highest BCUT2D eigenvalue weighted by Crippen LogP contribution is 2.37. The average Bonchev–Trinajstić information content (AvgIpc) is 3.22. The Morgan fingerprint density at radius 2 is 1.48 bits per heavy atom. The van der Waals surface area contributed by atoms with Gasteiger partial charge in [-0.2, -0.15) is 0 Å². The molecule has 0 amide bonds. The normalized spacial score (nSPS) is 11.1. The van der Waals surface area contributed by atoms with Crippen LogP contribution in [0, 0.1) is 6.92 Å². The zero-order chi connectivity index (χ0) is 28.1. The number of aryl methyl sites for hydroxylation is 1. The highest BCUT2D eigenvalue weighted by molar-refractivity contribution is 5.92. The van der Waals surface area contributed by atoms with E-state index >= 15 is 0 Å². The maximum absolute atomic E-state index is 10.8. The second-order valence-corrected chi connectivity index (χ2v) is 10.0. The molecule has 0 aliphatic carbocycles. The predicted molar refractivity (Wildman–Crippen MR) is 157 cm³/mol. The van der Waals surface area contributed by atoms with Crippen molar-refractivity contribution in [1.82, 2.24) is 4.57 Å². The number of hydrogen-bond donors (Lipinski definition) is 1. The van der Waals surface area contributed by atoms with Crippen molar-refractivity contribution in [3.63, 3.8) is 0 Å². The summed E-state index contributed by atoms with van der Waals surface area (Å²) in [5, 5.41) is 10.0. The Labute approximate surface area is 234 Å². The molecule has 204 valence electrons. The lowest BCUT2D eigenvalue weighted by Crippen LogP contribution is -2.09. The molecule has 1 heterocycles. The molecule has 0 bridgehead atoms. The molecule has 0 atom stereocenters. The monoisotopic (exact) mass is 535 g/mol. The molecule has 6 nitrogen and oxygen atoms in total. The molecule has 1 N–H and O–H groups in total. The largest absolute Gasteiger partial charge is 0.491 e. The first kappa shape index (κ1) is 26.9. The van der Waals surface area contributed by atoms with Crippen LogP contribution in [0.25, 0.3) is 22.2 Å². The second-order valence-electron chi connectivity index (χ2n) is 10.0. The Hall–Kier alpha value is -4.71. The van der Waals surface area contributed by atoms with Crippen LogP contribution in [0.2, 0.25) is 0 Å². The summed E-state index contributed by atoms with van der Waals surface area (Å²) in [5.41, 5.74) is 6.69. The number of carbonyl (C=O) groups is 1. The topological polar surface area (TPSA) is 69.9 Å². The third-order valence-electron chi connectivity index (χ3n) is 6.66. The molecule has 6 heteroatoms. The van der Waals surface area contributed by atoms with Crippen LogP contribution >= 0.6 is 0 Å². The van der Waals surface area contributed by atoms with E-state index in [-0.39, 0.29) is 12.7 Å². The van der Waals surface area contributed by atoms with Gasteiger partial charge >= 0.3 is 5.97 Å². The van der Waals surface area contributed by atoms with Crippen molar-refractivity contribution < 1.29 is 24.1 Å². The van der Waals surface area contributed by atoms with Crippen molar-refractivity contribution in [1.29, 1.82) is 0 Å². The molecule has 5 rings (SSSR count). The lowest BCUT2D eigenvalue weighted by molar-refractivity contribution is -0.139. The third-order valence-corrected chi connectivity index (χ3v) is 6.66. The molecule has 0 saturated carbocycles. The van der Waals surface area contributed by atoms with Crippen LogP contribution in [-0.2, 0) is 17.9 Å². The molecule has 0 saturated heterocycles. The molecule has 0 unspecified atom stereocenters. The number of aliphatic carboxylic acids is 1. The summed E-state index contributed by atoms with van der Waals surface area (Å²) in [6.45, 7) is 6.96. The Bertz CT molecular complexity index is 1590. The van der Waals surface area contributed by atoms with Gasteiger partial charge < -0.3 is 23.9 Å². The molecule has 0 spiro atoms. The van der Waals surface area contributed by atoms with E-state index in [9.17, 15) is 4.79 Å². The van der Waals surface area contributed by atoms with E-state index in [0.29, 0.717) is 18.9 Å². The summed E-state index contributed by atoms with van der Waals surface area (Å²) in [6.07, 6.45) is 0.107. The van der Waals surface area contributed by atoms with Gasteiger partial charge in [-0.3, -0.25) is 0 Å². The summed E-state index contributed by atoms with van der Waals surface area (Å²) in [5.74, 6) is 1.19. The van der Waals surface area contributed by atoms with Crippen LogP contribution in [0.15, 0.2) is 97.1 Å². The van der Waals surface area contributed by atoms with Crippen LogP contribution in [0.1, 0.15) is 30.5 Å². The van der Waals surface area contributed by atoms with E-state index in [1.807, 2.05) is 74.5 Å². The number of nitrogens with zero attached hydrogens (tertiary/aromatic N) is 1. The molecule has 0 radical (unpaired) electrons. The zero-order valence-corrected chi connectivity index (χ0v) is 23.0. The molecular formula is C34H33NO5. The van der Waals surface area contributed by atoms with E-state index in [0.717, 1.165) is 44.8 Å². The van der Waals surface area contributed by atoms with Gasteiger partial charge in [0.15, 0.2) is 6.61 Å². The summed E-state index contributed by atoms with van der Waals surface area (Å²) in [4.78, 5) is 10.8. The standard InChI is InChI=1S/C34H33NO5/c1-23(2)40-29-15-11-27(12-16-29)34-24(3)31-19-30(38-21-26-7-5-4-6-8-26)17-18-32(31)35(34)20-25-9-13-28(14-10-25)39-22-33(36)37/h4-19,23H,20-22H2,1-3H3,(H,36,37). The van der Waals surface area contributed by atoms with Gasteiger partial charge in [0.05, 0.1) is 11.8 Å². The smallest absolute Gasteiger partial charge is 0.341 e. The highest BCUT2D eigenvalue weighted by atomic mass is 16.5. The van der Waals surface area contributed by atoms with Gasteiger partial charge in [0.2, 0.25) is 0 Å². The number of aromatic nitrogens is 1. The quantitative estimate of drug-likeness (QED) is 0.190. The average molecular weight is 536 g/mol. The molecular weight excluding hydrogens is 502 g/mol. The number of benzene rings is 4. The Morgan fingerprint density at radius 3 is 2.15 bits per heavy atom. The molecule has 5 aromatic rings. The third kappa shape index (κ3) is 6.29. The van der Waals surface area contributed by atoms with Crippen molar-refractivity contribution >= 4 is 16.9 Å². The summed E-state index contributed by atoms with van der Waals surface area (Å²) in [7, 11) is 0. The van der Waals surface area contributed by atoms with Gasteiger partial charge in [-0.15, -0.1) is 0 Å². The van der Waals surface area contributed by atoms with E-state index < -0.39 is 5.97 Å². The number of ether oxygens (including phenoxy) is 3. The van der Waals surface area contributed by atoms with Crippen LogP contribution in [0.5, 0.6) is 17.2 Å². The van der Waals surface area contributed by atoms with Gasteiger partial charge in [0.1, 0.15) is 23.9 Å². The number of carboxylic acid groups (broad SMARTS) is 1. The Morgan fingerprint density at radius 1 is 0.800 bits per heavy atom.